The van der Waals surface area contributed by atoms with Gasteiger partial charge >= 0.3 is 0 Å². The minimum absolute atomic E-state index is 0.140. The topological polar surface area (TPSA) is 80.9 Å². The van der Waals surface area contributed by atoms with E-state index in [1.807, 2.05) is 37.3 Å². The third-order valence-corrected chi connectivity index (χ3v) is 3.29. The zero-order valence-electron chi connectivity index (χ0n) is 12.2. The summed E-state index contributed by atoms with van der Waals surface area (Å²) in [5, 5.41) is 3.73. The van der Waals surface area contributed by atoms with Crippen molar-refractivity contribution in [2.45, 2.75) is 13.3 Å². The molecule has 0 atom stereocenters. The first-order chi connectivity index (χ1) is 10.6. The maximum atomic E-state index is 12.0. The molecule has 2 aromatic heterocycles. The van der Waals surface area contributed by atoms with Crippen molar-refractivity contribution in [1.82, 2.24) is 9.97 Å². The van der Waals surface area contributed by atoms with E-state index in [-0.39, 0.29) is 12.3 Å². The molecule has 0 fully saturated rings. The Morgan fingerprint density at radius 3 is 2.82 bits per heavy atom. The first kappa shape index (κ1) is 14.0. The lowest BCUT2D eigenvalue weighted by atomic mass is 10.1. The molecule has 5 heteroatoms. The fraction of sp³-hybridized carbons (Fsp3) is 0.118. The second-order valence-electron chi connectivity index (χ2n) is 5.20. The third-order valence-electron chi connectivity index (χ3n) is 3.29. The monoisotopic (exact) mass is 292 g/mol. The number of amides is 1. The average molecular weight is 292 g/mol. The van der Waals surface area contributed by atoms with Crippen LogP contribution in [0.2, 0.25) is 0 Å². The number of carbonyl (C=O) groups excluding carboxylic acids is 1. The number of rotatable bonds is 3. The van der Waals surface area contributed by atoms with Crippen LogP contribution in [0.15, 0.2) is 48.7 Å². The van der Waals surface area contributed by atoms with Gasteiger partial charge in [0.2, 0.25) is 5.91 Å². The molecule has 1 amide bonds. The number of nitrogens with zero attached hydrogens (tertiary/aromatic N) is 2. The van der Waals surface area contributed by atoms with Gasteiger partial charge < -0.3 is 11.1 Å². The molecular formula is C17H16N4O. The third kappa shape index (κ3) is 3.20. The maximum Gasteiger partial charge on any atom is 0.231 e. The first-order valence-electron chi connectivity index (χ1n) is 6.98. The van der Waals surface area contributed by atoms with Crippen LogP contribution in [0.4, 0.5) is 11.5 Å². The van der Waals surface area contributed by atoms with Gasteiger partial charge in [-0.15, -0.1) is 0 Å². The number of hydrogen-bond acceptors (Lipinski definition) is 4. The zero-order valence-corrected chi connectivity index (χ0v) is 12.2. The number of benzene rings is 1. The number of nitrogens with one attached hydrogen (secondary N) is 1. The van der Waals surface area contributed by atoms with Gasteiger partial charge in [0, 0.05) is 17.3 Å². The van der Waals surface area contributed by atoms with Gasteiger partial charge in [0.25, 0.3) is 0 Å². The van der Waals surface area contributed by atoms with Crippen LogP contribution in [-0.2, 0) is 11.2 Å². The van der Waals surface area contributed by atoms with Gasteiger partial charge in [0.15, 0.2) is 0 Å². The Morgan fingerprint density at radius 1 is 1.18 bits per heavy atom. The molecule has 0 bridgehead atoms. The van der Waals surface area contributed by atoms with Crippen molar-refractivity contribution in [3.8, 4) is 0 Å². The molecule has 2 heterocycles. The minimum atomic E-state index is -0.140. The molecule has 5 nitrogen and oxygen atoms in total. The lowest BCUT2D eigenvalue weighted by Crippen LogP contribution is -2.16. The van der Waals surface area contributed by atoms with Gasteiger partial charge in [-0.2, -0.15) is 0 Å². The van der Waals surface area contributed by atoms with Crippen LogP contribution >= 0.6 is 0 Å². The molecule has 0 aliphatic rings. The van der Waals surface area contributed by atoms with Crippen molar-refractivity contribution in [1.29, 1.82) is 0 Å². The normalized spacial score (nSPS) is 10.6. The van der Waals surface area contributed by atoms with Crippen molar-refractivity contribution >= 4 is 28.3 Å². The summed E-state index contributed by atoms with van der Waals surface area (Å²) >= 11 is 0. The highest BCUT2D eigenvalue weighted by Crippen LogP contribution is 2.16. The molecule has 0 aliphatic carbocycles. The highest BCUT2D eigenvalue weighted by atomic mass is 16.1. The molecular weight excluding hydrogens is 276 g/mol. The van der Waals surface area contributed by atoms with Crippen LogP contribution in [0.3, 0.4) is 0 Å². The van der Waals surface area contributed by atoms with E-state index in [9.17, 15) is 4.79 Å². The standard InChI is InChI=1S/C17H16N4O/c1-11-2-7-16(19-10-11)21-17(22)9-14-5-3-12-8-13(18)4-6-15(12)20-14/h2-8,10H,9,18H2,1H3,(H,19,21,22). The Bertz CT molecular complexity index is 828. The van der Waals surface area contributed by atoms with Gasteiger partial charge in [0.1, 0.15) is 5.82 Å². The Kier molecular flexibility index (Phi) is 3.70. The summed E-state index contributed by atoms with van der Waals surface area (Å²) in [5.74, 6) is 0.405. The van der Waals surface area contributed by atoms with E-state index in [4.69, 9.17) is 5.73 Å². The average Bonchev–Trinajstić information content (AvgIpc) is 2.50. The summed E-state index contributed by atoms with van der Waals surface area (Å²) in [7, 11) is 0. The second kappa shape index (κ2) is 5.81. The van der Waals surface area contributed by atoms with Crippen molar-refractivity contribution in [2.75, 3.05) is 11.1 Å². The largest absolute Gasteiger partial charge is 0.399 e. The second-order valence-corrected chi connectivity index (χ2v) is 5.20. The number of aromatic nitrogens is 2. The quantitative estimate of drug-likeness (QED) is 0.727. The Morgan fingerprint density at radius 2 is 2.05 bits per heavy atom. The van der Waals surface area contributed by atoms with Crippen LogP contribution in [0, 0.1) is 6.92 Å². The lowest BCUT2D eigenvalue weighted by molar-refractivity contribution is -0.115. The number of fused-ring (bicyclic) bond motifs is 1. The number of hydrogen-bond donors (Lipinski definition) is 2. The van der Waals surface area contributed by atoms with E-state index >= 15 is 0 Å². The molecule has 0 unspecified atom stereocenters. The molecule has 0 spiro atoms. The predicted molar refractivity (Wildman–Crippen MR) is 87.5 cm³/mol. The Balaban J connectivity index is 1.73. The Labute approximate surface area is 128 Å². The molecule has 110 valence electrons. The fourth-order valence-electron chi connectivity index (χ4n) is 2.18. The van der Waals surface area contributed by atoms with Crippen LogP contribution in [0.1, 0.15) is 11.3 Å². The van der Waals surface area contributed by atoms with Gasteiger partial charge in [-0.1, -0.05) is 12.1 Å². The number of anilines is 2. The van der Waals surface area contributed by atoms with Gasteiger partial charge in [0.05, 0.1) is 17.6 Å². The van der Waals surface area contributed by atoms with Gasteiger partial charge in [-0.3, -0.25) is 9.78 Å². The highest BCUT2D eigenvalue weighted by molar-refractivity contribution is 5.91. The Hall–Kier alpha value is -2.95. The molecule has 0 aliphatic heterocycles. The predicted octanol–water partition coefficient (Wildman–Crippen LogP) is 2.70. The van der Waals surface area contributed by atoms with E-state index in [1.54, 1.807) is 18.3 Å². The first-order valence-corrected chi connectivity index (χ1v) is 6.98. The molecule has 3 N–H and O–H groups in total. The van der Waals surface area contributed by atoms with E-state index in [2.05, 4.69) is 15.3 Å². The summed E-state index contributed by atoms with van der Waals surface area (Å²) in [4.78, 5) is 20.7. The van der Waals surface area contributed by atoms with E-state index < -0.39 is 0 Å². The van der Waals surface area contributed by atoms with Crippen LogP contribution in [-0.4, -0.2) is 15.9 Å². The highest BCUT2D eigenvalue weighted by Gasteiger charge is 2.07. The van der Waals surface area contributed by atoms with Crippen LogP contribution in [0.25, 0.3) is 10.9 Å². The molecule has 0 saturated carbocycles. The van der Waals surface area contributed by atoms with Crippen molar-refractivity contribution < 1.29 is 4.79 Å². The van der Waals surface area contributed by atoms with E-state index in [0.29, 0.717) is 17.2 Å². The summed E-state index contributed by atoms with van der Waals surface area (Å²) in [6.45, 7) is 1.95. The number of aryl methyl sites for hydroxylation is 1. The fourth-order valence-corrected chi connectivity index (χ4v) is 2.18. The van der Waals surface area contributed by atoms with Crippen molar-refractivity contribution in [2.24, 2.45) is 0 Å². The van der Waals surface area contributed by atoms with E-state index in [1.165, 1.54) is 0 Å². The number of pyridine rings is 2. The molecule has 3 aromatic rings. The molecule has 0 saturated heterocycles. The summed E-state index contributed by atoms with van der Waals surface area (Å²) < 4.78 is 0. The van der Waals surface area contributed by atoms with Gasteiger partial charge in [-0.25, -0.2) is 4.98 Å². The lowest BCUT2D eigenvalue weighted by Gasteiger charge is -2.06. The van der Waals surface area contributed by atoms with Crippen LogP contribution < -0.4 is 11.1 Å². The molecule has 0 radical (unpaired) electrons. The number of nitrogen functional groups attached to an aromatic ring is 1. The smallest absolute Gasteiger partial charge is 0.231 e. The molecule has 1 aromatic carbocycles. The zero-order chi connectivity index (χ0) is 15.5. The minimum Gasteiger partial charge on any atom is -0.399 e. The SMILES string of the molecule is Cc1ccc(NC(=O)Cc2ccc3cc(N)ccc3n2)nc1. The van der Waals surface area contributed by atoms with Gasteiger partial charge in [-0.05, 0) is 42.8 Å². The summed E-state index contributed by atoms with van der Waals surface area (Å²) in [6.07, 6.45) is 1.92. The number of nitrogens with two attached hydrogens (primary N) is 1. The summed E-state index contributed by atoms with van der Waals surface area (Å²) in [6, 6.07) is 13.0. The van der Waals surface area contributed by atoms with E-state index in [0.717, 1.165) is 16.5 Å². The van der Waals surface area contributed by atoms with Crippen molar-refractivity contribution in [3.63, 3.8) is 0 Å². The molecule has 3 rings (SSSR count). The van der Waals surface area contributed by atoms with Crippen molar-refractivity contribution in [3.05, 3.63) is 59.9 Å². The number of carbonyl (C=O) groups is 1. The summed E-state index contributed by atoms with van der Waals surface area (Å²) in [5.41, 5.74) is 9.03. The molecule has 22 heavy (non-hydrogen) atoms. The van der Waals surface area contributed by atoms with Crippen LogP contribution in [0.5, 0.6) is 0 Å². The maximum absolute atomic E-state index is 12.0.